The molecule has 1 aliphatic heterocycles. The predicted molar refractivity (Wildman–Crippen MR) is 81.7 cm³/mol. The van der Waals surface area contributed by atoms with Gasteiger partial charge in [-0.1, -0.05) is 12.1 Å². The molecular weight excluding hydrogens is 268 g/mol. The predicted octanol–water partition coefficient (Wildman–Crippen LogP) is 2.06. The topological polar surface area (TPSA) is 50.8 Å². The molecule has 116 valence electrons. The van der Waals surface area contributed by atoms with Gasteiger partial charge in [0.25, 0.3) is 0 Å². The second-order valence-corrected chi connectivity index (χ2v) is 5.36. The maximum absolute atomic E-state index is 12.2. The van der Waals surface area contributed by atoms with Gasteiger partial charge in [0.1, 0.15) is 5.75 Å². The summed E-state index contributed by atoms with van der Waals surface area (Å²) in [6.45, 7) is 4.81. The van der Waals surface area contributed by atoms with Crippen molar-refractivity contribution in [2.75, 3.05) is 33.4 Å². The summed E-state index contributed by atoms with van der Waals surface area (Å²) >= 11 is 0. The van der Waals surface area contributed by atoms with E-state index in [0.29, 0.717) is 13.2 Å². The van der Waals surface area contributed by atoms with Crippen LogP contribution in [0.2, 0.25) is 0 Å². The Hall–Kier alpha value is -1.75. The first-order valence-corrected chi connectivity index (χ1v) is 7.45. The summed E-state index contributed by atoms with van der Waals surface area (Å²) < 4.78 is 10.6. The Kier molecular flexibility index (Phi) is 5.87. The number of nitrogens with zero attached hydrogens (tertiary/aromatic N) is 1. The molecule has 1 unspecified atom stereocenters. The van der Waals surface area contributed by atoms with E-state index in [1.807, 2.05) is 36.1 Å². The highest BCUT2D eigenvalue weighted by Crippen LogP contribution is 2.14. The molecule has 0 spiro atoms. The maximum Gasteiger partial charge on any atom is 0.317 e. The molecule has 1 heterocycles. The van der Waals surface area contributed by atoms with Crippen LogP contribution in [0.1, 0.15) is 18.9 Å². The minimum atomic E-state index is -0.00380. The molecule has 0 bridgehead atoms. The number of hydrogen-bond acceptors (Lipinski definition) is 3. The lowest BCUT2D eigenvalue weighted by atomic mass is 10.1. The van der Waals surface area contributed by atoms with Gasteiger partial charge in [0.05, 0.1) is 13.7 Å². The second-order valence-electron chi connectivity index (χ2n) is 5.36. The van der Waals surface area contributed by atoms with Crippen molar-refractivity contribution in [3.63, 3.8) is 0 Å². The fourth-order valence-corrected chi connectivity index (χ4v) is 2.46. The minimum Gasteiger partial charge on any atom is -0.497 e. The van der Waals surface area contributed by atoms with E-state index in [4.69, 9.17) is 9.47 Å². The molecule has 0 radical (unpaired) electrons. The van der Waals surface area contributed by atoms with Crippen molar-refractivity contribution >= 4 is 6.03 Å². The van der Waals surface area contributed by atoms with Crippen LogP contribution in [0.3, 0.4) is 0 Å². The fraction of sp³-hybridized carbons (Fsp3) is 0.562. The van der Waals surface area contributed by atoms with Crippen molar-refractivity contribution in [1.82, 2.24) is 10.2 Å². The second kappa shape index (κ2) is 7.88. The summed E-state index contributed by atoms with van der Waals surface area (Å²) in [4.78, 5) is 14.0. The monoisotopic (exact) mass is 292 g/mol. The first-order chi connectivity index (χ1) is 10.2. The van der Waals surface area contributed by atoms with Gasteiger partial charge in [-0.05, 0) is 37.5 Å². The summed E-state index contributed by atoms with van der Waals surface area (Å²) in [6, 6.07) is 8.01. The Morgan fingerprint density at radius 1 is 1.43 bits per heavy atom. The summed E-state index contributed by atoms with van der Waals surface area (Å²) in [6.07, 6.45) is 1.69. The lowest BCUT2D eigenvalue weighted by molar-refractivity contribution is 0.142. The third kappa shape index (κ3) is 4.93. The van der Waals surface area contributed by atoms with E-state index < -0.39 is 0 Å². The maximum atomic E-state index is 12.2. The van der Waals surface area contributed by atoms with Crippen molar-refractivity contribution < 1.29 is 14.3 Å². The van der Waals surface area contributed by atoms with E-state index in [1.54, 1.807) is 7.11 Å². The van der Waals surface area contributed by atoms with Gasteiger partial charge in [0.2, 0.25) is 0 Å². The first-order valence-electron chi connectivity index (χ1n) is 7.45. The van der Waals surface area contributed by atoms with Crippen molar-refractivity contribution in [3.05, 3.63) is 29.8 Å². The van der Waals surface area contributed by atoms with Crippen molar-refractivity contribution in [2.45, 2.75) is 25.8 Å². The molecule has 1 aliphatic rings. The molecule has 5 nitrogen and oxygen atoms in total. The number of methoxy groups -OCH3 is 1. The van der Waals surface area contributed by atoms with Crippen LogP contribution in [0.4, 0.5) is 4.79 Å². The summed E-state index contributed by atoms with van der Waals surface area (Å²) in [5.41, 5.74) is 1.15. The molecule has 1 aromatic carbocycles. The zero-order chi connectivity index (χ0) is 15.1. The van der Waals surface area contributed by atoms with Gasteiger partial charge >= 0.3 is 6.03 Å². The number of carbonyl (C=O) groups is 1. The molecule has 1 atom stereocenters. The van der Waals surface area contributed by atoms with Gasteiger partial charge in [0.15, 0.2) is 0 Å². The fourth-order valence-electron chi connectivity index (χ4n) is 2.46. The average Bonchev–Trinajstić information content (AvgIpc) is 2.76. The van der Waals surface area contributed by atoms with Crippen molar-refractivity contribution in [2.24, 2.45) is 0 Å². The first kappa shape index (κ1) is 15.6. The van der Waals surface area contributed by atoms with E-state index in [2.05, 4.69) is 5.32 Å². The zero-order valence-electron chi connectivity index (χ0n) is 12.8. The van der Waals surface area contributed by atoms with E-state index in [1.165, 1.54) is 0 Å². The van der Waals surface area contributed by atoms with Crippen LogP contribution in [-0.2, 0) is 11.2 Å². The molecule has 0 saturated carbocycles. The molecule has 1 saturated heterocycles. The van der Waals surface area contributed by atoms with Gasteiger partial charge in [-0.2, -0.15) is 0 Å². The third-order valence-electron chi connectivity index (χ3n) is 3.56. The van der Waals surface area contributed by atoms with Gasteiger partial charge in [-0.3, -0.25) is 0 Å². The number of urea groups is 1. The van der Waals surface area contributed by atoms with Gasteiger partial charge in [-0.25, -0.2) is 4.79 Å². The number of benzene rings is 1. The summed E-state index contributed by atoms with van der Waals surface area (Å²) in [7, 11) is 1.66. The molecular formula is C16H24N2O3. The van der Waals surface area contributed by atoms with Crippen LogP contribution in [-0.4, -0.2) is 50.4 Å². The number of amides is 2. The van der Waals surface area contributed by atoms with Crippen LogP contribution >= 0.6 is 0 Å². The van der Waals surface area contributed by atoms with Crippen LogP contribution in [0.5, 0.6) is 5.75 Å². The lowest BCUT2D eigenvalue weighted by Gasteiger charge is -2.23. The van der Waals surface area contributed by atoms with E-state index in [-0.39, 0.29) is 12.1 Å². The normalized spacial score (nSPS) is 17.0. The Bertz CT molecular complexity index is 457. The van der Waals surface area contributed by atoms with E-state index >= 15 is 0 Å². The summed E-state index contributed by atoms with van der Waals surface area (Å²) in [5, 5.41) is 3.05. The van der Waals surface area contributed by atoms with Gasteiger partial charge in [0, 0.05) is 25.7 Å². The summed E-state index contributed by atoms with van der Waals surface area (Å²) in [5.74, 6) is 0.843. The third-order valence-corrected chi connectivity index (χ3v) is 3.56. The molecule has 5 heteroatoms. The molecule has 2 amide bonds. The molecule has 1 N–H and O–H groups in total. The Labute approximate surface area is 126 Å². The molecule has 1 fully saturated rings. The number of rotatable bonds is 4. The SMILES string of the molecule is COc1cccc(CC(C)NC(=O)N2CCCOCC2)c1. The van der Waals surface area contributed by atoms with Crippen molar-refractivity contribution in [3.8, 4) is 5.75 Å². The van der Waals surface area contributed by atoms with Crippen LogP contribution in [0.15, 0.2) is 24.3 Å². The van der Waals surface area contributed by atoms with Gasteiger partial charge in [-0.15, -0.1) is 0 Å². The van der Waals surface area contributed by atoms with Crippen LogP contribution < -0.4 is 10.1 Å². The minimum absolute atomic E-state index is 0.00380. The Morgan fingerprint density at radius 3 is 3.10 bits per heavy atom. The van der Waals surface area contributed by atoms with Crippen molar-refractivity contribution in [1.29, 1.82) is 0 Å². The van der Waals surface area contributed by atoms with E-state index in [9.17, 15) is 4.79 Å². The molecule has 0 aromatic heterocycles. The molecule has 21 heavy (non-hydrogen) atoms. The highest BCUT2D eigenvalue weighted by atomic mass is 16.5. The average molecular weight is 292 g/mol. The van der Waals surface area contributed by atoms with Crippen LogP contribution in [0.25, 0.3) is 0 Å². The van der Waals surface area contributed by atoms with E-state index in [0.717, 1.165) is 37.3 Å². The van der Waals surface area contributed by atoms with Crippen LogP contribution in [0, 0.1) is 0 Å². The quantitative estimate of drug-likeness (QED) is 0.924. The highest BCUT2D eigenvalue weighted by molar-refractivity contribution is 5.74. The number of nitrogens with one attached hydrogen (secondary N) is 1. The Balaban J connectivity index is 1.85. The molecule has 0 aliphatic carbocycles. The van der Waals surface area contributed by atoms with Gasteiger partial charge < -0.3 is 19.7 Å². The number of ether oxygens (including phenoxy) is 2. The Morgan fingerprint density at radius 2 is 2.29 bits per heavy atom. The lowest BCUT2D eigenvalue weighted by Crippen LogP contribution is -2.45. The zero-order valence-corrected chi connectivity index (χ0v) is 12.8. The number of carbonyl (C=O) groups excluding carboxylic acids is 1. The smallest absolute Gasteiger partial charge is 0.317 e. The standard InChI is InChI=1S/C16H24N2O3/c1-13(11-14-5-3-6-15(12-14)20-2)17-16(19)18-7-4-9-21-10-8-18/h3,5-6,12-13H,4,7-11H2,1-2H3,(H,17,19). The molecule has 2 rings (SSSR count). The molecule has 1 aromatic rings. The largest absolute Gasteiger partial charge is 0.497 e. The number of hydrogen-bond donors (Lipinski definition) is 1. The highest BCUT2D eigenvalue weighted by Gasteiger charge is 2.17.